The summed E-state index contributed by atoms with van der Waals surface area (Å²) in [6.07, 6.45) is 0. The molecule has 11 aromatic carbocycles. The van der Waals surface area contributed by atoms with Crippen molar-refractivity contribution in [3.8, 4) is 27.9 Å². The molecule has 0 aliphatic heterocycles. The van der Waals surface area contributed by atoms with Crippen LogP contribution in [-0.4, -0.2) is 4.57 Å². The zero-order chi connectivity index (χ0) is 41.4. The van der Waals surface area contributed by atoms with Crippen LogP contribution in [0.1, 0.15) is 0 Å². The molecule has 0 saturated heterocycles. The van der Waals surface area contributed by atoms with Gasteiger partial charge in [-0.05, 0) is 104 Å². The van der Waals surface area contributed by atoms with E-state index >= 15 is 0 Å². The van der Waals surface area contributed by atoms with E-state index in [1.54, 1.807) is 0 Å². The van der Waals surface area contributed by atoms with E-state index in [9.17, 15) is 0 Å². The highest BCUT2D eigenvalue weighted by Gasteiger charge is 2.22. The van der Waals surface area contributed by atoms with Crippen LogP contribution in [0.15, 0.2) is 235 Å². The lowest BCUT2D eigenvalue weighted by Crippen LogP contribution is -2.10. The number of nitrogens with zero attached hydrogens (tertiary/aromatic N) is 2. The highest BCUT2D eigenvalue weighted by atomic mass is 16.3. The maximum Gasteiger partial charge on any atom is 0.145 e. The number of para-hydroxylation sites is 2. The second kappa shape index (κ2) is 14.1. The second-order valence-corrected chi connectivity index (χ2v) is 16.5. The molecular formula is C60H38N2O. The first-order valence-electron chi connectivity index (χ1n) is 21.6. The summed E-state index contributed by atoms with van der Waals surface area (Å²) < 4.78 is 9.15. The summed E-state index contributed by atoms with van der Waals surface area (Å²) >= 11 is 0. The zero-order valence-corrected chi connectivity index (χ0v) is 34.2. The molecule has 13 rings (SSSR count). The average Bonchev–Trinajstić information content (AvgIpc) is 3.91. The molecule has 0 aliphatic rings. The number of hydrogen-bond donors (Lipinski definition) is 0. The lowest BCUT2D eigenvalue weighted by atomic mass is 9.99. The number of fused-ring (bicyclic) bond motifs is 11. The monoisotopic (exact) mass is 802 g/mol. The van der Waals surface area contributed by atoms with Crippen molar-refractivity contribution in [3.05, 3.63) is 231 Å². The van der Waals surface area contributed by atoms with Crippen LogP contribution < -0.4 is 4.90 Å². The van der Waals surface area contributed by atoms with Crippen molar-refractivity contribution in [2.45, 2.75) is 0 Å². The Kier molecular flexibility index (Phi) is 7.91. The number of rotatable bonds is 6. The van der Waals surface area contributed by atoms with E-state index in [0.717, 1.165) is 61.0 Å². The van der Waals surface area contributed by atoms with E-state index in [4.69, 9.17) is 4.42 Å². The van der Waals surface area contributed by atoms with Gasteiger partial charge in [-0.25, -0.2) is 0 Å². The molecular weight excluding hydrogens is 765 g/mol. The van der Waals surface area contributed by atoms with Gasteiger partial charge in [0, 0.05) is 44.0 Å². The molecule has 0 unspecified atom stereocenters. The molecule has 0 saturated carbocycles. The Morgan fingerprint density at radius 1 is 0.349 bits per heavy atom. The van der Waals surface area contributed by atoms with Crippen molar-refractivity contribution in [2.75, 3.05) is 4.90 Å². The Morgan fingerprint density at radius 2 is 0.905 bits per heavy atom. The van der Waals surface area contributed by atoms with Gasteiger partial charge in [0.15, 0.2) is 0 Å². The van der Waals surface area contributed by atoms with E-state index in [1.807, 2.05) is 6.07 Å². The maximum atomic E-state index is 6.71. The molecule has 2 heterocycles. The molecule has 0 fully saturated rings. The van der Waals surface area contributed by atoms with Crippen LogP contribution in [0.2, 0.25) is 0 Å². The molecule has 0 bridgehead atoms. The number of benzene rings is 11. The summed E-state index contributed by atoms with van der Waals surface area (Å²) in [6, 6.07) is 83.5. The molecule has 0 spiro atoms. The number of hydrogen-bond acceptors (Lipinski definition) is 2. The van der Waals surface area contributed by atoms with Gasteiger partial charge in [0.2, 0.25) is 0 Å². The molecule has 0 amide bonds. The Morgan fingerprint density at radius 3 is 1.67 bits per heavy atom. The smallest absolute Gasteiger partial charge is 0.145 e. The third kappa shape index (κ3) is 5.67. The molecule has 13 aromatic rings. The fourth-order valence-corrected chi connectivity index (χ4v) is 9.92. The van der Waals surface area contributed by atoms with Crippen LogP contribution >= 0.6 is 0 Å². The third-order valence-electron chi connectivity index (χ3n) is 12.9. The van der Waals surface area contributed by atoms with Gasteiger partial charge < -0.3 is 13.9 Å². The highest BCUT2D eigenvalue weighted by molar-refractivity contribution is 6.22. The Bertz CT molecular complexity index is 3900. The molecule has 3 nitrogen and oxygen atoms in total. The van der Waals surface area contributed by atoms with Crippen molar-refractivity contribution in [2.24, 2.45) is 0 Å². The average molecular weight is 803 g/mol. The van der Waals surface area contributed by atoms with E-state index in [2.05, 4.69) is 234 Å². The molecule has 0 aliphatic carbocycles. The summed E-state index contributed by atoms with van der Waals surface area (Å²) in [6.45, 7) is 0. The lowest BCUT2D eigenvalue weighted by Gasteiger charge is -2.27. The molecule has 294 valence electrons. The Balaban J connectivity index is 0.983. The van der Waals surface area contributed by atoms with Crippen molar-refractivity contribution >= 4 is 93.1 Å². The molecule has 63 heavy (non-hydrogen) atoms. The minimum Gasteiger partial charge on any atom is -0.455 e. The molecule has 2 aromatic heterocycles. The van der Waals surface area contributed by atoms with Crippen molar-refractivity contribution in [1.82, 2.24) is 4.57 Å². The normalized spacial score (nSPS) is 11.8. The molecule has 0 radical (unpaired) electrons. The second-order valence-electron chi connectivity index (χ2n) is 16.5. The zero-order valence-electron chi connectivity index (χ0n) is 34.2. The predicted octanol–water partition coefficient (Wildman–Crippen LogP) is 16.9. The van der Waals surface area contributed by atoms with E-state index < -0.39 is 0 Å². The maximum absolute atomic E-state index is 6.71. The van der Waals surface area contributed by atoms with Gasteiger partial charge in [0.1, 0.15) is 11.2 Å². The van der Waals surface area contributed by atoms with E-state index in [-0.39, 0.29) is 0 Å². The van der Waals surface area contributed by atoms with Crippen LogP contribution in [0.25, 0.3) is 104 Å². The minimum absolute atomic E-state index is 0.878. The fraction of sp³-hybridized carbons (Fsp3) is 0. The quantitative estimate of drug-likeness (QED) is 0.167. The number of furan rings is 1. The van der Waals surface area contributed by atoms with Gasteiger partial charge in [0.05, 0.1) is 22.1 Å². The molecule has 3 heteroatoms. The third-order valence-corrected chi connectivity index (χ3v) is 12.9. The van der Waals surface area contributed by atoms with Crippen molar-refractivity contribution < 1.29 is 4.42 Å². The fourth-order valence-electron chi connectivity index (χ4n) is 9.92. The SMILES string of the molecule is c1ccc(-n2c3cc(-c4ccc(N(c5ccc(-c6ccc7ccccc7c6)cc5)c5cc6ccccc6c6oc7ccccc7c56)cc4)ccc3c3ccc4ccccc4c32)cc1. The standard InChI is InChI=1S/C60H38N2O/c1-2-16-47(17-3-1)62-55-37-45(29-34-52(55)53-35-28-42-13-6-8-18-50(42)59(53)62)41-26-32-49(33-27-41)61(48-30-24-40(25-31-48)44-23-22-39-12-4-5-14-43(39)36-44)56-38-46-15-7-9-19-51(46)60-58(56)54-20-10-11-21-57(54)63-60/h1-38H. The van der Waals surface area contributed by atoms with Gasteiger partial charge >= 0.3 is 0 Å². The lowest BCUT2D eigenvalue weighted by molar-refractivity contribution is 0.672. The minimum atomic E-state index is 0.878. The van der Waals surface area contributed by atoms with Crippen LogP contribution in [0.3, 0.4) is 0 Å². The highest BCUT2D eigenvalue weighted by Crippen LogP contribution is 2.47. The van der Waals surface area contributed by atoms with Gasteiger partial charge in [-0.2, -0.15) is 0 Å². The topological polar surface area (TPSA) is 21.3 Å². The van der Waals surface area contributed by atoms with Gasteiger partial charge in [-0.1, -0.05) is 170 Å². The van der Waals surface area contributed by atoms with E-state index in [1.165, 1.54) is 60.0 Å². The largest absolute Gasteiger partial charge is 0.455 e. The van der Waals surface area contributed by atoms with Crippen LogP contribution in [0.5, 0.6) is 0 Å². The summed E-state index contributed by atoms with van der Waals surface area (Å²) in [5.41, 5.74) is 13.2. The number of anilines is 3. The Labute approximate surface area is 363 Å². The van der Waals surface area contributed by atoms with Crippen molar-refractivity contribution in [3.63, 3.8) is 0 Å². The molecule has 0 N–H and O–H groups in total. The summed E-state index contributed by atoms with van der Waals surface area (Å²) in [5.74, 6) is 0. The first-order valence-corrected chi connectivity index (χ1v) is 21.6. The summed E-state index contributed by atoms with van der Waals surface area (Å²) in [7, 11) is 0. The first-order chi connectivity index (χ1) is 31.2. The van der Waals surface area contributed by atoms with Gasteiger partial charge in [0.25, 0.3) is 0 Å². The summed E-state index contributed by atoms with van der Waals surface area (Å²) in [4.78, 5) is 2.40. The summed E-state index contributed by atoms with van der Waals surface area (Å²) in [5, 5.41) is 11.9. The van der Waals surface area contributed by atoms with Gasteiger partial charge in [-0.15, -0.1) is 0 Å². The van der Waals surface area contributed by atoms with Gasteiger partial charge in [-0.3, -0.25) is 0 Å². The predicted molar refractivity (Wildman–Crippen MR) is 266 cm³/mol. The van der Waals surface area contributed by atoms with E-state index in [0.29, 0.717) is 0 Å². The Hall–Kier alpha value is -8.40. The molecule has 0 atom stereocenters. The van der Waals surface area contributed by atoms with Crippen molar-refractivity contribution in [1.29, 1.82) is 0 Å². The number of aromatic nitrogens is 1. The first kappa shape index (κ1) is 35.4. The van der Waals surface area contributed by atoms with Crippen LogP contribution in [0.4, 0.5) is 17.1 Å². The van der Waals surface area contributed by atoms with Crippen LogP contribution in [0, 0.1) is 0 Å². The van der Waals surface area contributed by atoms with Crippen LogP contribution in [-0.2, 0) is 0 Å².